The number of nitrogens with zero attached hydrogens (tertiary/aromatic N) is 2. The van der Waals surface area contributed by atoms with E-state index in [2.05, 4.69) is 6.58 Å². The largest absolute Gasteiger partial charge is 0.416 e. The number of likely N-dealkylation sites (tertiary alicyclic amines) is 1. The Morgan fingerprint density at radius 1 is 0.953 bits per heavy atom. The number of sulfonamides is 2. The zero-order valence-electron chi connectivity index (χ0n) is 22.2. The minimum absolute atomic E-state index is 0.154. The Balaban J connectivity index is 1.60. The van der Waals surface area contributed by atoms with Gasteiger partial charge in [0, 0.05) is 24.4 Å². The van der Waals surface area contributed by atoms with E-state index in [1.807, 2.05) is 4.72 Å². The van der Waals surface area contributed by atoms with Crippen molar-refractivity contribution in [1.29, 1.82) is 0 Å². The number of amides is 1. The van der Waals surface area contributed by atoms with Crippen LogP contribution in [0.5, 0.6) is 0 Å². The van der Waals surface area contributed by atoms with Gasteiger partial charge in [-0.15, -0.1) is 0 Å². The predicted octanol–water partition coefficient (Wildman–Crippen LogP) is 3.97. The summed E-state index contributed by atoms with van der Waals surface area (Å²) in [5.41, 5.74) is -0.500. The Labute approximate surface area is 243 Å². The molecule has 2 aliphatic heterocycles. The van der Waals surface area contributed by atoms with Crippen molar-refractivity contribution in [2.24, 2.45) is 0 Å². The maximum Gasteiger partial charge on any atom is 0.416 e. The van der Waals surface area contributed by atoms with E-state index < -0.39 is 99.0 Å². The molecule has 0 aliphatic carbocycles. The van der Waals surface area contributed by atoms with Crippen LogP contribution in [0.3, 0.4) is 0 Å². The van der Waals surface area contributed by atoms with Gasteiger partial charge in [-0.2, -0.15) is 17.5 Å². The minimum atomic E-state index is -4.61. The summed E-state index contributed by atoms with van der Waals surface area (Å²) in [6, 6.07) is 6.91. The smallest absolute Gasteiger partial charge is 0.330 e. The molecule has 0 spiro atoms. The monoisotopic (exact) mass is 657 g/mol. The quantitative estimate of drug-likeness (QED) is 0.390. The second-order valence-electron chi connectivity index (χ2n) is 10.4. The van der Waals surface area contributed by atoms with Gasteiger partial charge >= 0.3 is 6.18 Å². The van der Waals surface area contributed by atoms with Crippen molar-refractivity contribution in [3.63, 3.8) is 0 Å². The third-order valence-corrected chi connectivity index (χ3v) is 10.1. The SMILES string of the molecule is C=CS(=O)(=O)NC[C@H]1CC(F)(F)CN1S(=O)(=O)c1ccc(C(Cc2ccc(C(F)(F)F)cc2)C(=O)N2CC(F)(F)C2)cc1. The van der Waals surface area contributed by atoms with Gasteiger partial charge in [0.25, 0.3) is 11.8 Å². The zero-order chi connectivity index (χ0) is 32.0. The fraction of sp³-hybridized carbons (Fsp3) is 0.423. The molecule has 8 nitrogen and oxygen atoms in total. The van der Waals surface area contributed by atoms with Gasteiger partial charge in [0.15, 0.2) is 0 Å². The van der Waals surface area contributed by atoms with Crippen LogP contribution in [0.4, 0.5) is 30.7 Å². The number of rotatable bonds is 10. The molecule has 1 N–H and O–H groups in total. The Morgan fingerprint density at radius 3 is 2.05 bits per heavy atom. The van der Waals surface area contributed by atoms with Crippen LogP contribution in [0.25, 0.3) is 0 Å². The average Bonchev–Trinajstić information content (AvgIpc) is 3.24. The lowest BCUT2D eigenvalue weighted by Gasteiger charge is -2.40. The molecule has 236 valence electrons. The number of nitrogens with one attached hydrogen (secondary N) is 1. The molecule has 43 heavy (non-hydrogen) atoms. The second-order valence-corrected chi connectivity index (χ2v) is 14.0. The number of hydrogen-bond acceptors (Lipinski definition) is 5. The topological polar surface area (TPSA) is 104 Å². The first-order chi connectivity index (χ1) is 19.7. The maximum atomic E-state index is 14.3. The normalized spacial score (nSPS) is 21.3. The van der Waals surface area contributed by atoms with E-state index in [-0.39, 0.29) is 17.5 Å². The molecule has 2 saturated heterocycles. The van der Waals surface area contributed by atoms with Crippen LogP contribution in [-0.4, -0.2) is 76.0 Å². The molecule has 0 saturated carbocycles. The lowest BCUT2D eigenvalue weighted by molar-refractivity contribution is -0.167. The van der Waals surface area contributed by atoms with Crippen LogP contribution in [0, 0.1) is 0 Å². The lowest BCUT2D eigenvalue weighted by Crippen LogP contribution is -2.59. The summed E-state index contributed by atoms with van der Waals surface area (Å²) in [6.45, 7) is -0.495. The fourth-order valence-corrected chi connectivity index (χ4v) is 7.10. The van der Waals surface area contributed by atoms with Gasteiger partial charge in [-0.05, 0) is 41.8 Å². The van der Waals surface area contributed by atoms with Crippen molar-refractivity contribution in [1.82, 2.24) is 13.9 Å². The number of carbonyl (C=O) groups is 1. The van der Waals surface area contributed by atoms with Gasteiger partial charge in [-0.1, -0.05) is 30.8 Å². The van der Waals surface area contributed by atoms with E-state index in [9.17, 15) is 52.4 Å². The Morgan fingerprint density at radius 2 is 1.53 bits per heavy atom. The van der Waals surface area contributed by atoms with Gasteiger partial charge in [0.1, 0.15) is 0 Å². The molecular weight excluding hydrogens is 631 g/mol. The summed E-state index contributed by atoms with van der Waals surface area (Å²) < 4.78 is 147. The molecule has 1 unspecified atom stereocenters. The standard InChI is InChI=1S/C26H26F7N3O5S2/c1-2-42(38,39)34-13-20-12-24(27,28)16-36(20)43(40,41)21-9-5-18(6-10-21)22(23(37)35-14-25(29,30)15-35)11-17-3-7-19(8-4-17)26(31,32)33/h2-10,20,22,34H,1,11-16H2/t20-,22?/m1/s1. The van der Waals surface area contributed by atoms with E-state index in [1.165, 1.54) is 12.1 Å². The summed E-state index contributed by atoms with van der Waals surface area (Å²) in [4.78, 5) is 13.6. The van der Waals surface area contributed by atoms with Crippen LogP contribution in [0.2, 0.25) is 0 Å². The van der Waals surface area contributed by atoms with Crippen molar-refractivity contribution >= 4 is 26.0 Å². The number of hydrogen-bond donors (Lipinski definition) is 1. The fourth-order valence-electron chi connectivity index (χ4n) is 4.90. The number of carbonyl (C=O) groups excluding carboxylic acids is 1. The highest BCUT2D eigenvalue weighted by Crippen LogP contribution is 2.37. The van der Waals surface area contributed by atoms with Gasteiger partial charge in [-0.25, -0.2) is 39.1 Å². The van der Waals surface area contributed by atoms with Crippen LogP contribution in [0.1, 0.15) is 29.0 Å². The molecule has 4 rings (SSSR count). The van der Waals surface area contributed by atoms with E-state index in [0.717, 1.165) is 41.3 Å². The van der Waals surface area contributed by atoms with Crippen molar-refractivity contribution in [2.45, 2.75) is 47.7 Å². The molecule has 1 amide bonds. The summed E-state index contributed by atoms with van der Waals surface area (Å²) >= 11 is 0. The van der Waals surface area contributed by atoms with Gasteiger partial charge in [-0.3, -0.25) is 4.79 Å². The van der Waals surface area contributed by atoms with Crippen LogP contribution < -0.4 is 4.72 Å². The van der Waals surface area contributed by atoms with Gasteiger partial charge in [0.2, 0.25) is 26.0 Å². The first-order valence-electron chi connectivity index (χ1n) is 12.7. The molecule has 0 aromatic heterocycles. The molecular formula is C26H26F7N3O5S2. The van der Waals surface area contributed by atoms with Crippen LogP contribution in [-0.2, 0) is 37.4 Å². The van der Waals surface area contributed by atoms with Crippen molar-refractivity contribution in [2.75, 3.05) is 26.2 Å². The first kappa shape index (κ1) is 32.9. The van der Waals surface area contributed by atoms with E-state index in [1.54, 1.807) is 0 Å². The summed E-state index contributed by atoms with van der Waals surface area (Å²) in [6.07, 6.45) is -5.75. The molecule has 2 aromatic rings. The minimum Gasteiger partial charge on any atom is -0.330 e. The van der Waals surface area contributed by atoms with E-state index in [0.29, 0.717) is 9.71 Å². The number of halogens is 7. The van der Waals surface area contributed by atoms with Crippen molar-refractivity contribution in [3.05, 3.63) is 77.2 Å². The molecule has 17 heteroatoms. The summed E-state index contributed by atoms with van der Waals surface area (Å²) in [7, 11) is -8.65. The Bertz CT molecular complexity index is 1570. The zero-order valence-corrected chi connectivity index (χ0v) is 23.8. The van der Waals surface area contributed by atoms with Crippen molar-refractivity contribution < 1.29 is 52.4 Å². The van der Waals surface area contributed by atoms with E-state index >= 15 is 0 Å². The number of alkyl halides is 7. The molecule has 2 aliphatic rings. The second kappa shape index (κ2) is 11.5. The molecule has 2 atom stereocenters. The molecule has 2 aromatic carbocycles. The van der Waals surface area contributed by atoms with Gasteiger partial charge < -0.3 is 4.90 Å². The Kier molecular flexibility index (Phi) is 8.78. The lowest BCUT2D eigenvalue weighted by atomic mass is 9.89. The molecule has 2 fully saturated rings. The highest BCUT2D eigenvalue weighted by atomic mass is 32.2. The maximum absolute atomic E-state index is 14.3. The predicted molar refractivity (Wildman–Crippen MR) is 140 cm³/mol. The van der Waals surface area contributed by atoms with Gasteiger partial charge in [0.05, 0.1) is 36.0 Å². The molecule has 0 radical (unpaired) electrons. The number of benzene rings is 2. The highest BCUT2D eigenvalue weighted by molar-refractivity contribution is 7.92. The Hall–Kier alpha value is -3.02. The highest BCUT2D eigenvalue weighted by Gasteiger charge is 2.50. The molecule has 2 heterocycles. The van der Waals surface area contributed by atoms with Crippen LogP contribution in [0.15, 0.2) is 65.4 Å². The first-order valence-corrected chi connectivity index (χ1v) is 15.7. The summed E-state index contributed by atoms with van der Waals surface area (Å²) in [5, 5.41) is 0.543. The summed E-state index contributed by atoms with van der Waals surface area (Å²) in [5.74, 6) is -8.48. The van der Waals surface area contributed by atoms with Crippen LogP contribution >= 0.6 is 0 Å². The van der Waals surface area contributed by atoms with Crippen molar-refractivity contribution in [3.8, 4) is 0 Å². The third kappa shape index (κ3) is 7.56. The van der Waals surface area contributed by atoms with E-state index in [4.69, 9.17) is 0 Å². The molecule has 0 bridgehead atoms. The average molecular weight is 658 g/mol. The third-order valence-electron chi connectivity index (χ3n) is 7.13.